The number of hydrogen-bond acceptors (Lipinski definition) is 3. The van der Waals surface area contributed by atoms with Crippen molar-refractivity contribution in [3.8, 4) is 0 Å². The maximum atomic E-state index is 6.22. The van der Waals surface area contributed by atoms with E-state index in [2.05, 4.69) is 35.9 Å². The van der Waals surface area contributed by atoms with Gasteiger partial charge in [0.25, 0.3) is 0 Å². The fraction of sp³-hybridized carbons (Fsp3) is 0.333. The summed E-state index contributed by atoms with van der Waals surface area (Å²) in [5, 5.41) is 0. The maximum absolute atomic E-state index is 6.22. The van der Waals surface area contributed by atoms with Gasteiger partial charge < -0.3 is 5.73 Å². The maximum Gasteiger partial charge on any atom is 0.0422 e. The topological polar surface area (TPSA) is 51.8 Å². The lowest BCUT2D eigenvalue weighted by molar-refractivity contribution is 0.697. The number of rotatable bonds is 4. The Balaban J connectivity index is 2.11. The Morgan fingerprint density at radius 1 is 1.22 bits per heavy atom. The van der Waals surface area contributed by atoms with E-state index in [1.807, 2.05) is 18.5 Å². The molecule has 2 aromatic rings. The van der Waals surface area contributed by atoms with Gasteiger partial charge in [-0.3, -0.25) is 9.97 Å². The van der Waals surface area contributed by atoms with Crippen LogP contribution in [0.4, 0.5) is 0 Å². The number of hydrogen-bond donors (Lipinski definition) is 1. The Labute approximate surface area is 108 Å². The second-order valence-corrected chi connectivity index (χ2v) is 4.55. The highest BCUT2D eigenvalue weighted by Gasteiger charge is 2.10. The predicted octanol–water partition coefficient (Wildman–Crippen LogP) is 2.59. The quantitative estimate of drug-likeness (QED) is 0.895. The fourth-order valence-electron chi connectivity index (χ4n) is 1.98. The lowest BCUT2D eigenvalue weighted by atomic mass is 10.00. The van der Waals surface area contributed by atoms with E-state index in [1.165, 1.54) is 11.1 Å². The molecule has 1 atom stereocenters. The molecule has 18 heavy (non-hydrogen) atoms. The van der Waals surface area contributed by atoms with E-state index in [-0.39, 0.29) is 6.04 Å². The number of aryl methyl sites for hydroxylation is 2. The second kappa shape index (κ2) is 5.74. The highest BCUT2D eigenvalue weighted by Crippen LogP contribution is 2.17. The Morgan fingerprint density at radius 2 is 2.06 bits per heavy atom. The lowest BCUT2D eigenvalue weighted by Gasteiger charge is -2.13. The van der Waals surface area contributed by atoms with Crippen LogP contribution >= 0.6 is 0 Å². The first-order chi connectivity index (χ1) is 8.70. The molecule has 1 unspecified atom stereocenters. The summed E-state index contributed by atoms with van der Waals surface area (Å²) in [6, 6.07) is 6.12. The van der Waals surface area contributed by atoms with Gasteiger partial charge in [-0.05, 0) is 42.2 Å². The fourth-order valence-corrected chi connectivity index (χ4v) is 1.98. The molecule has 0 bridgehead atoms. The van der Waals surface area contributed by atoms with Crippen LogP contribution in [-0.2, 0) is 12.8 Å². The molecule has 0 radical (unpaired) electrons. The molecule has 0 aromatic carbocycles. The first-order valence-electron chi connectivity index (χ1n) is 6.30. The van der Waals surface area contributed by atoms with E-state index in [1.54, 1.807) is 6.20 Å². The highest BCUT2D eigenvalue weighted by molar-refractivity contribution is 5.26. The van der Waals surface area contributed by atoms with Gasteiger partial charge in [0.2, 0.25) is 0 Å². The van der Waals surface area contributed by atoms with E-state index in [0.29, 0.717) is 0 Å². The zero-order valence-electron chi connectivity index (χ0n) is 10.9. The molecule has 0 saturated carbocycles. The molecule has 2 aromatic heterocycles. The summed E-state index contributed by atoms with van der Waals surface area (Å²) in [4.78, 5) is 8.58. The number of nitrogens with zero attached hydrogens (tertiary/aromatic N) is 2. The van der Waals surface area contributed by atoms with E-state index < -0.39 is 0 Å². The van der Waals surface area contributed by atoms with E-state index in [0.717, 1.165) is 24.1 Å². The van der Waals surface area contributed by atoms with Crippen LogP contribution in [0.3, 0.4) is 0 Å². The van der Waals surface area contributed by atoms with Crippen LogP contribution in [0.25, 0.3) is 0 Å². The molecule has 0 saturated heterocycles. The molecule has 2 N–H and O–H groups in total. The molecule has 0 spiro atoms. The molecule has 3 heteroatoms. The average Bonchev–Trinajstić information content (AvgIpc) is 2.40. The van der Waals surface area contributed by atoms with Gasteiger partial charge in [-0.2, -0.15) is 0 Å². The summed E-state index contributed by atoms with van der Waals surface area (Å²) >= 11 is 0. The van der Waals surface area contributed by atoms with Gasteiger partial charge in [0.1, 0.15) is 0 Å². The molecule has 2 heterocycles. The summed E-state index contributed by atoms with van der Waals surface area (Å²) in [6.07, 6.45) is 7.33. The minimum Gasteiger partial charge on any atom is -0.324 e. The summed E-state index contributed by atoms with van der Waals surface area (Å²) in [5.41, 5.74) is 10.8. The first-order valence-corrected chi connectivity index (χ1v) is 6.30. The van der Waals surface area contributed by atoms with Crippen molar-refractivity contribution in [1.29, 1.82) is 0 Å². The van der Waals surface area contributed by atoms with Crippen LogP contribution in [0.1, 0.15) is 35.3 Å². The van der Waals surface area contributed by atoms with Crippen LogP contribution in [0.15, 0.2) is 36.8 Å². The number of pyridine rings is 2. The van der Waals surface area contributed by atoms with Crippen LogP contribution in [0.5, 0.6) is 0 Å². The van der Waals surface area contributed by atoms with Gasteiger partial charge in [-0.15, -0.1) is 0 Å². The molecular formula is C15H19N3. The molecule has 0 aliphatic rings. The predicted molar refractivity (Wildman–Crippen MR) is 73.2 cm³/mol. The molecule has 3 nitrogen and oxygen atoms in total. The smallest absolute Gasteiger partial charge is 0.0422 e. The van der Waals surface area contributed by atoms with Gasteiger partial charge in [0.05, 0.1) is 0 Å². The highest BCUT2D eigenvalue weighted by atomic mass is 14.7. The summed E-state index contributed by atoms with van der Waals surface area (Å²) in [5.74, 6) is 0. The number of aromatic nitrogens is 2. The van der Waals surface area contributed by atoms with Crippen LogP contribution < -0.4 is 5.73 Å². The van der Waals surface area contributed by atoms with Crippen LogP contribution in [-0.4, -0.2) is 9.97 Å². The van der Waals surface area contributed by atoms with E-state index in [4.69, 9.17) is 5.73 Å². The SMILES string of the molecule is CCc1ccc(CC(N)c2cnccc2C)nc1. The molecule has 0 aliphatic carbocycles. The third-order valence-corrected chi connectivity index (χ3v) is 3.20. The van der Waals surface area contributed by atoms with Crippen molar-refractivity contribution in [2.24, 2.45) is 5.73 Å². The van der Waals surface area contributed by atoms with Gasteiger partial charge in [-0.25, -0.2) is 0 Å². The van der Waals surface area contributed by atoms with Crippen LogP contribution in [0.2, 0.25) is 0 Å². The molecule has 0 fully saturated rings. The van der Waals surface area contributed by atoms with Gasteiger partial charge in [-0.1, -0.05) is 13.0 Å². The molecule has 94 valence electrons. The normalized spacial score (nSPS) is 12.4. The van der Waals surface area contributed by atoms with Crippen molar-refractivity contribution in [2.75, 3.05) is 0 Å². The lowest BCUT2D eigenvalue weighted by Crippen LogP contribution is -2.15. The third kappa shape index (κ3) is 2.93. The Hall–Kier alpha value is -1.74. The van der Waals surface area contributed by atoms with E-state index >= 15 is 0 Å². The zero-order valence-corrected chi connectivity index (χ0v) is 10.9. The summed E-state index contributed by atoms with van der Waals surface area (Å²) in [7, 11) is 0. The molecule has 0 amide bonds. The molecule has 2 rings (SSSR count). The monoisotopic (exact) mass is 241 g/mol. The zero-order chi connectivity index (χ0) is 13.0. The Kier molecular flexibility index (Phi) is 4.05. The minimum absolute atomic E-state index is 0.0429. The van der Waals surface area contributed by atoms with Crippen molar-refractivity contribution < 1.29 is 0 Å². The molecule has 0 aliphatic heterocycles. The van der Waals surface area contributed by atoms with Crippen molar-refractivity contribution in [1.82, 2.24) is 9.97 Å². The minimum atomic E-state index is -0.0429. The van der Waals surface area contributed by atoms with Crippen LogP contribution in [0, 0.1) is 6.92 Å². The van der Waals surface area contributed by atoms with Gasteiger partial charge in [0.15, 0.2) is 0 Å². The summed E-state index contributed by atoms with van der Waals surface area (Å²) < 4.78 is 0. The largest absolute Gasteiger partial charge is 0.324 e. The van der Waals surface area contributed by atoms with Crippen molar-refractivity contribution in [2.45, 2.75) is 32.7 Å². The van der Waals surface area contributed by atoms with E-state index in [9.17, 15) is 0 Å². The van der Waals surface area contributed by atoms with Crippen molar-refractivity contribution >= 4 is 0 Å². The van der Waals surface area contributed by atoms with Crippen molar-refractivity contribution in [3.05, 3.63) is 59.2 Å². The third-order valence-electron chi connectivity index (χ3n) is 3.20. The Bertz CT molecular complexity index is 505. The average molecular weight is 241 g/mol. The van der Waals surface area contributed by atoms with Gasteiger partial charge in [0, 0.05) is 36.7 Å². The molecular weight excluding hydrogens is 222 g/mol. The standard InChI is InChI=1S/C15H19N3/c1-3-12-4-5-13(18-9-12)8-15(16)14-10-17-7-6-11(14)2/h4-7,9-10,15H,3,8,16H2,1-2H3. The second-order valence-electron chi connectivity index (χ2n) is 4.55. The summed E-state index contributed by atoms with van der Waals surface area (Å²) in [6.45, 7) is 4.19. The number of nitrogens with two attached hydrogens (primary N) is 1. The first kappa shape index (κ1) is 12.7. The van der Waals surface area contributed by atoms with Gasteiger partial charge >= 0.3 is 0 Å². The van der Waals surface area contributed by atoms with Crippen molar-refractivity contribution in [3.63, 3.8) is 0 Å². The Morgan fingerprint density at radius 3 is 2.67 bits per heavy atom.